The van der Waals surface area contributed by atoms with E-state index in [0.29, 0.717) is 24.1 Å². The van der Waals surface area contributed by atoms with Crippen molar-refractivity contribution in [3.63, 3.8) is 0 Å². The molecular weight excluding hydrogens is 294 g/mol. The number of rotatable bonds is 4. The summed E-state index contributed by atoms with van der Waals surface area (Å²) in [6.45, 7) is 6.89. The number of amides is 1. The Balaban J connectivity index is 2.15. The maximum Gasteiger partial charge on any atom is 0.309 e. The monoisotopic (exact) mass is 317 g/mol. The lowest BCUT2D eigenvalue weighted by molar-refractivity contribution is -0.154. The van der Waals surface area contributed by atoms with Gasteiger partial charge in [0.1, 0.15) is 0 Å². The average Bonchev–Trinajstić information content (AvgIpc) is 2.71. The molecule has 1 aliphatic carbocycles. The first-order valence-electron chi connectivity index (χ1n) is 7.75. The van der Waals surface area contributed by atoms with Gasteiger partial charge in [-0.3, -0.25) is 14.4 Å². The number of ketones is 1. The van der Waals surface area contributed by atoms with Gasteiger partial charge in [-0.05, 0) is 56.4 Å². The summed E-state index contributed by atoms with van der Waals surface area (Å²) in [6, 6.07) is 6.71. The van der Waals surface area contributed by atoms with Crippen molar-refractivity contribution in [1.82, 2.24) is 0 Å². The Morgan fingerprint density at radius 3 is 2.13 bits per heavy atom. The molecule has 0 saturated heterocycles. The van der Waals surface area contributed by atoms with Crippen LogP contribution in [0, 0.1) is 16.7 Å². The lowest BCUT2D eigenvalue weighted by Gasteiger charge is -2.37. The third kappa shape index (κ3) is 2.87. The number of anilines is 1. The van der Waals surface area contributed by atoms with Crippen LogP contribution in [0.3, 0.4) is 0 Å². The quantitative estimate of drug-likeness (QED) is 0.834. The molecule has 0 aromatic heterocycles. The summed E-state index contributed by atoms with van der Waals surface area (Å²) in [4.78, 5) is 35.5. The van der Waals surface area contributed by atoms with Gasteiger partial charge in [-0.25, -0.2) is 0 Å². The number of hydrogen-bond donors (Lipinski definition) is 2. The van der Waals surface area contributed by atoms with Crippen LogP contribution >= 0.6 is 0 Å². The van der Waals surface area contributed by atoms with Crippen molar-refractivity contribution >= 4 is 23.3 Å². The predicted molar refractivity (Wildman–Crippen MR) is 87.3 cm³/mol. The standard InChI is InChI=1S/C18H23NO4/c1-11(20)12-5-7-13(8-6-12)19-15(21)14-9-10-18(4,16(22)23)17(14,2)3/h5-8,14H,9-10H2,1-4H3,(H,19,21)(H,22,23)/t14-,18+/m1/s1. The van der Waals surface area contributed by atoms with E-state index in [9.17, 15) is 19.5 Å². The Morgan fingerprint density at radius 1 is 1.13 bits per heavy atom. The molecule has 23 heavy (non-hydrogen) atoms. The molecule has 0 bridgehead atoms. The van der Waals surface area contributed by atoms with E-state index in [0.717, 1.165) is 0 Å². The zero-order chi connectivity index (χ0) is 17.4. The molecule has 2 N–H and O–H groups in total. The molecule has 0 spiro atoms. The second kappa shape index (κ2) is 5.80. The van der Waals surface area contributed by atoms with Crippen LogP contribution in [0.5, 0.6) is 0 Å². The number of nitrogens with one attached hydrogen (secondary N) is 1. The van der Waals surface area contributed by atoms with Gasteiger partial charge in [0.15, 0.2) is 5.78 Å². The van der Waals surface area contributed by atoms with Crippen LogP contribution in [0.1, 0.15) is 50.9 Å². The molecule has 1 aromatic carbocycles. The summed E-state index contributed by atoms with van der Waals surface area (Å²) in [7, 11) is 0. The average molecular weight is 317 g/mol. The minimum absolute atomic E-state index is 0.0305. The van der Waals surface area contributed by atoms with Crippen molar-refractivity contribution in [2.24, 2.45) is 16.7 Å². The fraction of sp³-hybridized carbons (Fsp3) is 0.500. The van der Waals surface area contributed by atoms with E-state index in [1.807, 2.05) is 13.8 Å². The third-order valence-corrected chi connectivity index (χ3v) is 5.57. The Hall–Kier alpha value is -2.17. The number of Topliss-reactive ketones (excluding diaryl/α,β-unsaturated/α-hetero) is 1. The van der Waals surface area contributed by atoms with Gasteiger partial charge in [0.25, 0.3) is 0 Å². The first-order valence-corrected chi connectivity index (χ1v) is 7.75. The highest BCUT2D eigenvalue weighted by atomic mass is 16.4. The SMILES string of the molecule is CC(=O)c1ccc(NC(=O)[C@H]2CC[C@@](C)(C(=O)O)C2(C)C)cc1. The largest absolute Gasteiger partial charge is 0.481 e. The van der Waals surface area contributed by atoms with E-state index < -0.39 is 16.8 Å². The summed E-state index contributed by atoms with van der Waals surface area (Å²) >= 11 is 0. The molecule has 1 aromatic rings. The van der Waals surface area contributed by atoms with Gasteiger partial charge in [0.2, 0.25) is 5.91 Å². The lowest BCUT2D eigenvalue weighted by atomic mass is 9.65. The molecule has 0 heterocycles. The molecule has 124 valence electrons. The van der Waals surface area contributed by atoms with Gasteiger partial charge in [0, 0.05) is 17.2 Å². The summed E-state index contributed by atoms with van der Waals surface area (Å²) in [6.07, 6.45) is 1.03. The molecule has 5 nitrogen and oxygen atoms in total. The maximum absolute atomic E-state index is 12.6. The number of aliphatic carboxylic acids is 1. The zero-order valence-electron chi connectivity index (χ0n) is 14.0. The van der Waals surface area contributed by atoms with E-state index >= 15 is 0 Å². The highest BCUT2D eigenvalue weighted by Crippen LogP contribution is 2.56. The Morgan fingerprint density at radius 2 is 1.70 bits per heavy atom. The van der Waals surface area contributed by atoms with Crippen molar-refractivity contribution in [2.45, 2.75) is 40.5 Å². The lowest BCUT2D eigenvalue weighted by Crippen LogP contribution is -2.43. The van der Waals surface area contributed by atoms with Crippen molar-refractivity contribution in [1.29, 1.82) is 0 Å². The minimum Gasteiger partial charge on any atom is -0.481 e. The number of carbonyl (C=O) groups is 3. The molecular formula is C18H23NO4. The number of hydrogen-bond acceptors (Lipinski definition) is 3. The van der Waals surface area contributed by atoms with E-state index in [1.54, 1.807) is 31.2 Å². The summed E-state index contributed by atoms with van der Waals surface area (Å²) in [5.74, 6) is -1.42. The molecule has 0 aliphatic heterocycles. The molecule has 5 heteroatoms. The normalized spacial score (nSPS) is 25.8. The highest BCUT2D eigenvalue weighted by Gasteiger charge is 2.58. The molecule has 2 rings (SSSR count). The van der Waals surface area contributed by atoms with Gasteiger partial charge in [0.05, 0.1) is 5.41 Å². The third-order valence-electron chi connectivity index (χ3n) is 5.57. The Labute approximate surface area is 136 Å². The number of carboxylic acids is 1. The Bertz CT molecular complexity index is 647. The van der Waals surface area contributed by atoms with Gasteiger partial charge in [-0.1, -0.05) is 13.8 Å². The molecule has 1 fully saturated rings. The van der Waals surface area contributed by atoms with Gasteiger partial charge in [-0.15, -0.1) is 0 Å². The zero-order valence-corrected chi connectivity index (χ0v) is 14.0. The summed E-state index contributed by atoms with van der Waals surface area (Å²) in [5.41, 5.74) is -0.349. The first kappa shape index (κ1) is 17.2. The smallest absolute Gasteiger partial charge is 0.309 e. The van der Waals surface area contributed by atoms with Crippen LogP contribution in [0.15, 0.2) is 24.3 Å². The van der Waals surface area contributed by atoms with Gasteiger partial charge < -0.3 is 10.4 Å². The first-order chi connectivity index (χ1) is 10.6. The van der Waals surface area contributed by atoms with E-state index in [4.69, 9.17) is 0 Å². The van der Waals surface area contributed by atoms with Crippen LogP contribution in [0.2, 0.25) is 0 Å². The molecule has 2 atom stereocenters. The highest BCUT2D eigenvalue weighted by molar-refractivity contribution is 5.96. The van der Waals surface area contributed by atoms with E-state index in [2.05, 4.69) is 5.32 Å². The molecule has 1 aliphatic rings. The molecule has 0 radical (unpaired) electrons. The topological polar surface area (TPSA) is 83.5 Å². The van der Waals surface area contributed by atoms with E-state index in [1.165, 1.54) is 6.92 Å². The molecule has 1 amide bonds. The maximum atomic E-state index is 12.6. The van der Waals surface area contributed by atoms with E-state index in [-0.39, 0.29) is 17.6 Å². The van der Waals surface area contributed by atoms with Crippen LogP contribution in [0.4, 0.5) is 5.69 Å². The second-order valence-corrected chi connectivity index (χ2v) is 7.07. The van der Waals surface area contributed by atoms with Crippen LogP contribution < -0.4 is 5.32 Å². The predicted octanol–water partition coefficient (Wildman–Crippen LogP) is 3.35. The second-order valence-electron chi connectivity index (χ2n) is 7.07. The number of benzene rings is 1. The van der Waals surface area contributed by atoms with Crippen LogP contribution in [-0.2, 0) is 9.59 Å². The van der Waals surface area contributed by atoms with Gasteiger partial charge >= 0.3 is 5.97 Å². The Kier molecular flexibility index (Phi) is 4.33. The molecule has 1 saturated carbocycles. The molecule has 0 unspecified atom stereocenters. The fourth-order valence-electron chi connectivity index (χ4n) is 3.36. The van der Waals surface area contributed by atoms with Crippen LogP contribution in [-0.4, -0.2) is 22.8 Å². The van der Waals surface area contributed by atoms with Gasteiger partial charge in [-0.2, -0.15) is 0 Å². The summed E-state index contributed by atoms with van der Waals surface area (Å²) < 4.78 is 0. The summed E-state index contributed by atoms with van der Waals surface area (Å²) in [5, 5.41) is 12.4. The fourth-order valence-corrected chi connectivity index (χ4v) is 3.36. The van der Waals surface area contributed by atoms with Crippen molar-refractivity contribution < 1.29 is 19.5 Å². The van der Waals surface area contributed by atoms with Crippen molar-refractivity contribution in [2.75, 3.05) is 5.32 Å². The number of carbonyl (C=O) groups excluding carboxylic acids is 2. The van der Waals surface area contributed by atoms with Crippen molar-refractivity contribution in [3.05, 3.63) is 29.8 Å². The van der Waals surface area contributed by atoms with Crippen molar-refractivity contribution in [3.8, 4) is 0 Å². The van der Waals surface area contributed by atoms with Crippen LogP contribution in [0.25, 0.3) is 0 Å². The number of carboxylic acid groups (broad SMARTS) is 1. The minimum atomic E-state index is -0.909.